The van der Waals surface area contributed by atoms with Gasteiger partial charge in [-0.25, -0.2) is 19.9 Å². The third-order valence-corrected chi connectivity index (χ3v) is 6.26. The van der Waals surface area contributed by atoms with Gasteiger partial charge in [-0.05, 0) is 54.9 Å². The standard InChI is InChI=1S/C22H25BrN8/c1-13(2)31-12-26-20-16(23)10-15-11-25-22(29-19(15)21(20)31)28-18-5-4-17(14(3)27-18)30-8-6-24-7-9-30/h4-5,10-13,24H,6-9H2,1-3H3,(H,25,27,28,29). The summed E-state index contributed by atoms with van der Waals surface area (Å²) < 4.78 is 3.09. The quantitative estimate of drug-likeness (QED) is 0.453. The molecule has 9 heteroatoms. The van der Waals surface area contributed by atoms with E-state index in [-0.39, 0.29) is 6.04 Å². The first-order valence-electron chi connectivity index (χ1n) is 10.5. The molecule has 1 aliphatic rings. The fourth-order valence-corrected chi connectivity index (χ4v) is 4.63. The Morgan fingerprint density at radius 3 is 2.65 bits per heavy atom. The zero-order valence-electron chi connectivity index (χ0n) is 17.9. The molecule has 0 saturated carbocycles. The van der Waals surface area contributed by atoms with E-state index < -0.39 is 0 Å². The van der Waals surface area contributed by atoms with Gasteiger partial charge in [0.05, 0.1) is 23.2 Å². The van der Waals surface area contributed by atoms with Crippen LogP contribution in [0.5, 0.6) is 0 Å². The monoisotopic (exact) mass is 480 g/mol. The molecular formula is C22H25BrN8. The molecule has 0 spiro atoms. The number of benzene rings is 1. The summed E-state index contributed by atoms with van der Waals surface area (Å²) in [6.07, 6.45) is 3.71. The average molecular weight is 481 g/mol. The summed E-state index contributed by atoms with van der Waals surface area (Å²) in [7, 11) is 0. The number of piperazine rings is 1. The maximum Gasteiger partial charge on any atom is 0.228 e. The van der Waals surface area contributed by atoms with Crippen molar-refractivity contribution < 1.29 is 0 Å². The predicted octanol–water partition coefficient (Wildman–Crippen LogP) is 4.18. The molecule has 160 valence electrons. The van der Waals surface area contributed by atoms with Gasteiger partial charge in [0, 0.05) is 48.3 Å². The number of aryl methyl sites for hydroxylation is 1. The van der Waals surface area contributed by atoms with E-state index in [0.717, 1.165) is 64.1 Å². The van der Waals surface area contributed by atoms with Gasteiger partial charge in [-0.1, -0.05) is 0 Å². The lowest BCUT2D eigenvalue weighted by atomic mass is 10.2. The first-order chi connectivity index (χ1) is 15.0. The number of pyridine rings is 1. The fraction of sp³-hybridized carbons (Fsp3) is 0.364. The van der Waals surface area contributed by atoms with Gasteiger partial charge in [-0.3, -0.25) is 0 Å². The van der Waals surface area contributed by atoms with Crippen molar-refractivity contribution in [3.63, 3.8) is 0 Å². The third-order valence-electron chi connectivity index (χ3n) is 5.66. The van der Waals surface area contributed by atoms with Crippen molar-refractivity contribution in [2.24, 2.45) is 0 Å². The van der Waals surface area contributed by atoms with E-state index in [1.54, 1.807) is 0 Å². The number of nitrogens with one attached hydrogen (secondary N) is 2. The molecular weight excluding hydrogens is 456 g/mol. The molecule has 1 fully saturated rings. The first kappa shape index (κ1) is 20.1. The molecule has 1 aliphatic heterocycles. The third kappa shape index (κ3) is 3.72. The number of aromatic nitrogens is 5. The molecule has 0 atom stereocenters. The lowest BCUT2D eigenvalue weighted by Gasteiger charge is -2.30. The Hall–Kier alpha value is -2.78. The number of hydrogen-bond acceptors (Lipinski definition) is 7. The van der Waals surface area contributed by atoms with Crippen LogP contribution in [-0.4, -0.2) is 50.7 Å². The van der Waals surface area contributed by atoms with Crippen LogP contribution >= 0.6 is 15.9 Å². The van der Waals surface area contributed by atoms with Gasteiger partial charge >= 0.3 is 0 Å². The zero-order chi connectivity index (χ0) is 21.5. The topological polar surface area (TPSA) is 83.8 Å². The Bertz CT molecular complexity index is 1260. The van der Waals surface area contributed by atoms with Gasteiger partial charge in [-0.15, -0.1) is 0 Å². The van der Waals surface area contributed by atoms with Crippen molar-refractivity contribution in [3.8, 4) is 0 Å². The Morgan fingerprint density at radius 2 is 1.90 bits per heavy atom. The van der Waals surface area contributed by atoms with Crippen LogP contribution in [0, 0.1) is 6.92 Å². The van der Waals surface area contributed by atoms with Crippen LogP contribution in [0.25, 0.3) is 21.9 Å². The summed E-state index contributed by atoms with van der Waals surface area (Å²) in [5, 5.41) is 7.63. The molecule has 1 aromatic carbocycles. The van der Waals surface area contributed by atoms with E-state index in [1.807, 2.05) is 31.6 Å². The van der Waals surface area contributed by atoms with Crippen LogP contribution < -0.4 is 15.5 Å². The molecule has 31 heavy (non-hydrogen) atoms. The Kier molecular flexibility index (Phi) is 5.23. The second-order valence-corrected chi connectivity index (χ2v) is 8.95. The minimum Gasteiger partial charge on any atom is -0.368 e. The maximum atomic E-state index is 4.83. The van der Waals surface area contributed by atoms with Crippen molar-refractivity contribution in [1.82, 2.24) is 29.8 Å². The molecule has 2 N–H and O–H groups in total. The van der Waals surface area contributed by atoms with E-state index in [2.05, 4.69) is 65.9 Å². The van der Waals surface area contributed by atoms with E-state index >= 15 is 0 Å². The summed E-state index contributed by atoms with van der Waals surface area (Å²) in [6, 6.07) is 6.41. The second kappa shape index (κ2) is 8.05. The van der Waals surface area contributed by atoms with Crippen LogP contribution in [0.3, 0.4) is 0 Å². The van der Waals surface area contributed by atoms with Gasteiger partial charge in [0.1, 0.15) is 16.9 Å². The SMILES string of the molecule is Cc1nc(Nc2ncc3cc(Br)c4ncn(C(C)C)c4c3n2)ccc1N1CCNCC1. The Labute approximate surface area is 189 Å². The molecule has 5 rings (SSSR count). The van der Waals surface area contributed by atoms with Crippen molar-refractivity contribution in [1.29, 1.82) is 0 Å². The van der Waals surface area contributed by atoms with Crippen molar-refractivity contribution in [2.75, 3.05) is 36.4 Å². The van der Waals surface area contributed by atoms with Gasteiger partial charge in [0.2, 0.25) is 5.95 Å². The van der Waals surface area contributed by atoms with Crippen molar-refractivity contribution in [2.45, 2.75) is 26.8 Å². The number of nitrogens with zero attached hydrogens (tertiary/aromatic N) is 6. The van der Waals surface area contributed by atoms with Gasteiger partial charge in [-0.2, -0.15) is 0 Å². The molecule has 4 aromatic rings. The predicted molar refractivity (Wildman–Crippen MR) is 128 cm³/mol. The highest BCUT2D eigenvalue weighted by molar-refractivity contribution is 9.10. The molecule has 8 nitrogen and oxygen atoms in total. The molecule has 3 aromatic heterocycles. The smallest absolute Gasteiger partial charge is 0.228 e. The number of anilines is 3. The summed E-state index contributed by atoms with van der Waals surface area (Å²) in [6.45, 7) is 10.3. The molecule has 0 bridgehead atoms. The maximum absolute atomic E-state index is 4.83. The van der Waals surface area contributed by atoms with Crippen LogP contribution in [0.1, 0.15) is 25.6 Å². The lowest BCUT2D eigenvalue weighted by Crippen LogP contribution is -2.43. The normalized spacial score (nSPS) is 14.7. The molecule has 0 unspecified atom stereocenters. The number of hydrogen-bond donors (Lipinski definition) is 2. The molecule has 0 radical (unpaired) electrons. The van der Waals surface area contributed by atoms with Gasteiger partial charge in [0.25, 0.3) is 0 Å². The van der Waals surface area contributed by atoms with Crippen molar-refractivity contribution >= 4 is 55.3 Å². The Morgan fingerprint density at radius 1 is 1.10 bits per heavy atom. The zero-order valence-corrected chi connectivity index (χ0v) is 19.4. The molecule has 0 amide bonds. The molecule has 1 saturated heterocycles. The minimum absolute atomic E-state index is 0.274. The second-order valence-electron chi connectivity index (χ2n) is 8.10. The highest BCUT2D eigenvalue weighted by Crippen LogP contribution is 2.32. The number of imidazole rings is 1. The van der Waals surface area contributed by atoms with E-state index in [0.29, 0.717) is 5.95 Å². The summed E-state index contributed by atoms with van der Waals surface area (Å²) in [5.41, 5.74) is 4.95. The first-order valence-corrected chi connectivity index (χ1v) is 11.3. The minimum atomic E-state index is 0.274. The molecule has 0 aliphatic carbocycles. The fourth-order valence-electron chi connectivity index (χ4n) is 4.09. The van der Waals surface area contributed by atoms with Crippen molar-refractivity contribution in [3.05, 3.63) is 40.9 Å². The average Bonchev–Trinajstić information content (AvgIpc) is 3.22. The largest absolute Gasteiger partial charge is 0.368 e. The van der Waals surface area contributed by atoms with Crippen LogP contribution in [0.15, 0.2) is 35.2 Å². The van der Waals surface area contributed by atoms with E-state index in [9.17, 15) is 0 Å². The lowest BCUT2D eigenvalue weighted by molar-refractivity contribution is 0.588. The number of rotatable bonds is 4. The van der Waals surface area contributed by atoms with Crippen LogP contribution in [0.2, 0.25) is 0 Å². The molecule has 4 heterocycles. The summed E-state index contributed by atoms with van der Waals surface area (Å²) in [4.78, 5) is 21.1. The van der Waals surface area contributed by atoms with E-state index in [1.165, 1.54) is 5.69 Å². The van der Waals surface area contributed by atoms with Gasteiger partial charge in [0.15, 0.2) is 0 Å². The number of fused-ring (bicyclic) bond motifs is 3. The van der Waals surface area contributed by atoms with Crippen LogP contribution in [0.4, 0.5) is 17.5 Å². The number of halogens is 1. The Balaban J connectivity index is 1.51. The van der Waals surface area contributed by atoms with Gasteiger partial charge < -0.3 is 20.1 Å². The van der Waals surface area contributed by atoms with E-state index in [4.69, 9.17) is 9.97 Å². The highest BCUT2D eigenvalue weighted by atomic mass is 79.9. The summed E-state index contributed by atoms with van der Waals surface area (Å²) >= 11 is 3.64. The highest BCUT2D eigenvalue weighted by Gasteiger charge is 2.16. The van der Waals surface area contributed by atoms with Crippen LogP contribution in [-0.2, 0) is 0 Å². The summed E-state index contributed by atoms with van der Waals surface area (Å²) in [5.74, 6) is 1.26.